The average Bonchev–Trinajstić information content (AvgIpc) is 2.77. The van der Waals surface area contributed by atoms with Crippen molar-refractivity contribution in [3.63, 3.8) is 0 Å². The highest BCUT2D eigenvalue weighted by atomic mass is 16.5. The lowest BCUT2D eigenvalue weighted by molar-refractivity contribution is -0.122. The summed E-state index contributed by atoms with van der Waals surface area (Å²) in [5.74, 6) is 0.418. The van der Waals surface area contributed by atoms with Gasteiger partial charge in [0.25, 0.3) is 0 Å². The number of nitrogens with two attached hydrogens (primary N) is 1. The van der Waals surface area contributed by atoms with Crippen molar-refractivity contribution in [2.45, 2.75) is 39.7 Å². The van der Waals surface area contributed by atoms with Gasteiger partial charge in [0.1, 0.15) is 5.76 Å². The van der Waals surface area contributed by atoms with Gasteiger partial charge in [0.15, 0.2) is 0 Å². The van der Waals surface area contributed by atoms with E-state index in [4.69, 9.17) is 10.3 Å². The highest BCUT2D eigenvalue weighted by molar-refractivity contribution is 5.83. The Balaban J connectivity index is 2.11. The number of carbonyl (C=O) groups excluding carboxylic acids is 1. The van der Waals surface area contributed by atoms with E-state index in [2.05, 4.69) is 10.5 Å². The first-order valence-electron chi connectivity index (χ1n) is 6.98. The number of anilines is 1. The summed E-state index contributed by atoms with van der Waals surface area (Å²) in [6, 6.07) is 7.24. The molecule has 0 aliphatic heterocycles. The second-order valence-electron chi connectivity index (χ2n) is 5.36. The topological polar surface area (TPSA) is 81.2 Å². The fourth-order valence-electron chi connectivity index (χ4n) is 2.50. The maximum Gasteiger partial charge on any atom is 0.227 e. The fraction of sp³-hybridized carbons (Fsp3) is 0.375. The number of aromatic nitrogens is 1. The summed E-state index contributed by atoms with van der Waals surface area (Å²) < 4.78 is 5.14. The number of hydrogen-bond acceptors (Lipinski definition) is 4. The van der Waals surface area contributed by atoms with Crippen LogP contribution in [0.1, 0.15) is 48.4 Å². The van der Waals surface area contributed by atoms with Crippen LogP contribution in [0.3, 0.4) is 0 Å². The second-order valence-corrected chi connectivity index (χ2v) is 5.36. The molecule has 0 aliphatic rings. The first kappa shape index (κ1) is 15.1. The minimum atomic E-state index is -0.267. The molecule has 0 saturated carbocycles. The normalized spacial score (nSPS) is 13.7. The molecular formula is C16H21N3O2. The van der Waals surface area contributed by atoms with Crippen molar-refractivity contribution >= 4 is 11.6 Å². The first-order valence-corrected chi connectivity index (χ1v) is 6.98. The molecule has 0 aliphatic carbocycles. The van der Waals surface area contributed by atoms with Gasteiger partial charge in [-0.1, -0.05) is 17.3 Å². The van der Waals surface area contributed by atoms with Crippen molar-refractivity contribution < 1.29 is 9.32 Å². The number of benzene rings is 1. The largest absolute Gasteiger partial charge is 0.399 e. The van der Waals surface area contributed by atoms with Crippen LogP contribution in [0.4, 0.5) is 5.69 Å². The van der Waals surface area contributed by atoms with Crippen LogP contribution in [0.25, 0.3) is 0 Å². The molecule has 0 bridgehead atoms. The van der Waals surface area contributed by atoms with Gasteiger partial charge in [0.2, 0.25) is 5.91 Å². The van der Waals surface area contributed by atoms with E-state index in [-0.39, 0.29) is 17.9 Å². The Morgan fingerprint density at radius 1 is 1.33 bits per heavy atom. The van der Waals surface area contributed by atoms with E-state index in [9.17, 15) is 4.79 Å². The van der Waals surface area contributed by atoms with Crippen molar-refractivity contribution in [1.82, 2.24) is 10.5 Å². The maximum absolute atomic E-state index is 12.4. The zero-order chi connectivity index (χ0) is 15.6. The van der Waals surface area contributed by atoms with E-state index in [0.717, 1.165) is 22.6 Å². The first-order chi connectivity index (χ1) is 9.90. The summed E-state index contributed by atoms with van der Waals surface area (Å²) >= 11 is 0. The number of carbonyl (C=O) groups is 1. The van der Waals surface area contributed by atoms with Crippen LogP contribution in [0.2, 0.25) is 0 Å². The van der Waals surface area contributed by atoms with Gasteiger partial charge in [-0.25, -0.2) is 0 Å². The summed E-state index contributed by atoms with van der Waals surface area (Å²) in [5.41, 5.74) is 9.06. The number of nitrogens with zero attached hydrogens (tertiary/aromatic N) is 1. The molecule has 5 nitrogen and oxygen atoms in total. The van der Waals surface area contributed by atoms with Crippen LogP contribution in [0, 0.1) is 13.8 Å². The van der Waals surface area contributed by atoms with Crippen LogP contribution in [-0.4, -0.2) is 11.1 Å². The minimum absolute atomic E-state index is 0.0481. The van der Waals surface area contributed by atoms with E-state index in [1.54, 1.807) is 6.07 Å². The molecule has 112 valence electrons. The van der Waals surface area contributed by atoms with E-state index in [1.807, 2.05) is 45.9 Å². The molecule has 21 heavy (non-hydrogen) atoms. The Morgan fingerprint density at radius 3 is 2.62 bits per heavy atom. The van der Waals surface area contributed by atoms with Crippen LogP contribution in [-0.2, 0) is 4.79 Å². The van der Waals surface area contributed by atoms with E-state index in [1.165, 1.54) is 0 Å². The van der Waals surface area contributed by atoms with Gasteiger partial charge in [-0.3, -0.25) is 4.79 Å². The number of rotatable bonds is 4. The van der Waals surface area contributed by atoms with E-state index in [0.29, 0.717) is 5.69 Å². The molecule has 1 aromatic heterocycles. The number of aryl methyl sites for hydroxylation is 2. The Bertz CT molecular complexity index is 629. The second kappa shape index (κ2) is 5.99. The lowest BCUT2D eigenvalue weighted by Crippen LogP contribution is -2.31. The lowest BCUT2D eigenvalue weighted by Gasteiger charge is -2.18. The quantitative estimate of drug-likeness (QED) is 0.847. The van der Waals surface area contributed by atoms with Gasteiger partial charge in [-0.2, -0.15) is 0 Å². The van der Waals surface area contributed by atoms with Crippen molar-refractivity contribution in [3.8, 4) is 0 Å². The summed E-state index contributed by atoms with van der Waals surface area (Å²) in [7, 11) is 0. The van der Waals surface area contributed by atoms with Crippen LogP contribution >= 0.6 is 0 Å². The molecule has 2 atom stereocenters. The molecule has 2 rings (SSSR count). The molecule has 0 fully saturated rings. The molecule has 5 heteroatoms. The number of amides is 1. The molecule has 0 radical (unpaired) electrons. The average molecular weight is 287 g/mol. The highest BCUT2D eigenvalue weighted by Crippen LogP contribution is 2.23. The number of nitrogen functional groups attached to an aromatic ring is 1. The van der Waals surface area contributed by atoms with Crippen LogP contribution < -0.4 is 11.1 Å². The molecule has 1 heterocycles. The smallest absolute Gasteiger partial charge is 0.227 e. The maximum atomic E-state index is 12.4. The molecule has 0 spiro atoms. The van der Waals surface area contributed by atoms with E-state index < -0.39 is 0 Å². The lowest BCUT2D eigenvalue weighted by atomic mass is 9.98. The molecule has 2 unspecified atom stereocenters. The summed E-state index contributed by atoms with van der Waals surface area (Å²) in [4.78, 5) is 12.4. The molecular weight excluding hydrogens is 266 g/mol. The minimum Gasteiger partial charge on any atom is -0.399 e. The molecule has 1 aromatic carbocycles. The Labute approximate surface area is 124 Å². The van der Waals surface area contributed by atoms with Crippen molar-refractivity contribution in [1.29, 1.82) is 0 Å². The summed E-state index contributed by atoms with van der Waals surface area (Å²) in [6.07, 6.45) is 0. The SMILES string of the molecule is Cc1noc(C)c1C(C)NC(=O)C(C)c1cccc(N)c1. The monoisotopic (exact) mass is 287 g/mol. The van der Waals surface area contributed by atoms with Gasteiger partial charge >= 0.3 is 0 Å². The third kappa shape index (κ3) is 3.24. The summed E-state index contributed by atoms with van der Waals surface area (Å²) in [6.45, 7) is 7.51. The zero-order valence-corrected chi connectivity index (χ0v) is 12.8. The van der Waals surface area contributed by atoms with Gasteiger partial charge in [0, 0.05) is 11.3 Å². The van der Waals surface area contributed by atoms with E-state index >= 15 is 0 Å². The Hall–Kier alpha value is -2.30. The molecule has 0 saturated heterocycles. The van der Waals surface area contributed by atoms with Crippen molar-refractivity contribution in [2.24, 2.45) is 0 Å². The predicted molar refractivity (Wildman–Crippen MR) is 81.8 cm³/mol. The summed E-state index contributed by atoms with van der Waals surface area (Å²) in [5, 5.41) is 6.92. The van der Waals surface area contributed by atoms with Gasteiger partial charge in [-0.05, 0) is 45.4 Å². The standard InChI is InChI=1S/C16H21N3O2/c1-9(13-6-5-7-14(17)8-13)16(20)18-10(2)15-11(3)19-21-12(15)4/h5-10H,17H2,1-4H3,(H,18,20). The third-order valence-corrected chi connectivity index (χ3v) is 3.68. The zero-order valence-electron chi connectivity index (χ0n) is 12.8. The van der Waals surface area contributed by atoms with Crippen LogP contribution in [0.5, 0.6) is 0 Å². The van der Waals surface area contributed by atoms with Gasteiger partial charge in [-0.15, -0.1) is 0 Å². The third-order valence-electron chi connectivity index (χ3n) is 3.68. The molecule has 3 N–H and O–H groups in total. The van der Waals surface area contributed by atoms with Gasteiger partial charge < -0.3 is 15.6 Å². The van der Waals surface area contributed by atoms with Crippen LogP contribution in [0.15, 0.2) is 28.8 Å². The van der Waals surface area contributed by atoms with Crippen molar-refractivity contribution in [2.75, 3.05) is 5.73 Å². The van der Waals surface area contributed by atoms with Crippen molar-refractivity contribution in [3.05, 3.63) is 46.8 Å². The Morgan fingerprint density at radius 2 is 2.05 bits per heavy atom. The Kier molecular flexibility index (Phi) is 4.31. The fourth-order valence-corrected chi connectivity index (χ4v) is 2.50. The molecule has 2 aromatic rings. The predicted octanol–water partition coefficient (Wildman–Crippen LogP) is 2.85. The number of nitrogens with one attached hydrogen (secondary N) is 1. The molecule has 1 amide bonds. The highest BCUT2D eigenvalue weighted by Gasteiger charge is 2.22. The number of hydrogen-bond donors (Lipinski definition) is 2. The van der Waals surface area contributed by atoms with Gasteiger partial charge in [0.05, 0.1) is 17.7 Å².